The number of carbonyl (C=O) groups is 8. The lowest BCUT2D eigenvalue weighted by atomic mass is 9.82. The molecule has 0 saturated heterocycles. The zero-order valence-electron chi connectivity index (χ0n) is 33.7. The van der Waals surface area contributed by atoms with Gasteiger partial charge in [-0.25, -0.2) is 4.79 Å². The molecule has 2 aliphatic rings. The number of esters is 1. The molecule has 3 aromatic rings. The van der Waals surface area contributed by atoms with E-state index in [1.54, 1.807) is 85.8 Å². The van der Waals surface area contributed by atoms with Crippen LogP contribution in [-0.2, 0) is 40.1 Å². The first-order valence-electron chi connectivity index (χ1n) is 20.3. The number of hydrogen-bond donors (Lipinski definition) is 4. The van der Waals surface area contributed by atoms with E-state index in [1.807, 2.05) is 19.9 Å². The van der Waals surface area contributed by atoms with Crippen LogP contribution in [0, 0.1) is 11.8 Å². The van der Waals surface area contributed by atoms with E-state index < -0.39 is 77.9 Å². The van der Waals surface area contributed by atoms with Gasteiger partial charge in [0.1, 0.15) is 18.7 Å². The van der Waals surface area contributed by atoms with E-state index in [2.05, 4.69) is 21.3 Å². The van der Waals surface area contributed by atoms with Crippen molar-refractivity contribution in [2.24, 2.45) is 11.8 Å². The number of ether oxygens (including phenoxy) is 1. The van der Waals surface area contributed by atoms with Gasteiger partial charge in [0.25, 0.3) is 17.7 Å². The Morgan fingerprint density at radius 2 is 1.31 bits per heavy atom. The zero-order valence-corrected chi connectivity index (χ0v) is 33.7. The fourth-order valence-corrected chi connectivity index (χ4v) is 7.60. The topological polar surface area (TPSA) is 197 Å². The standard InChI is InChI=1S/C45H53N5O9/c1-4-16-34(39(52)42(55)46-26-36(51)49-37(30-19-10-6-11-20-30)45(58)59-27-29-17-8-5-9-18-29)47-40(53)35(25-28(2)3)48-41(54)38(31-21-12-7-13-22-31)50-43(56)32-23-14-15-24-33(32)44(50)57/h5-6,8-11,14-15,17-20,23-24,28,31,34-35,37-38H,4,7,12-13,16,21-22,25-27H2,1-3H3,(H,46,55)(H,47,53)(H,48,54)(H,49,51)/t34-,35+,37+,38+/m1/s1. The molecule has 4 atom stereocenters. The molecule has 5 rings (SSSR count). The van der Waals surface area contributed by atoms with Crippen LogP contribution in [0.1, 0.15) is 110 Å². The number of imide groups is 1. The van der Waals surface area contributed by atoms with Gasteiger partial charge in [-0.3, -0.25) is 38.5 Å². The highest BCUT2D eigenvalue weighted by Crippen LogP contribution is 2.34. The minimum Gasteiger partial charge on any atom is -0.459 e. The van der Waals surface area contributed by atoms with Gasteiger partial charge in [-0.2, -0.15) is 0 Å². The Labute approximate surface area is 344 Å². The molecular formula is C45H53N5O9. The van der Waals surface area contributed by atoms with Crippen LogP contribution in [0.4, 0.5) is 0 Å². The fraction of sp³-hybridized carbons (Fsp3) is 0.422. The molecule has 14 nitrogen and oxygen atoms in total. The van der Waals surface area contributed by atoms with Crippen molar-refractivity contribution in [1.82, 2.24) is 26.2 Å². The second-order valence-corrected chi connectivity index (χ2v) is 15.5. The minimum absolute atomic E-state index is 0.0238. The number of fused-ring (bicyclic) bond motifs is 1. The van der Waals surface area contributed by atoms with Crippen LogP contribution >= 0.6 is 0 Å². The van der Waals surface area contributed by atoms with Gasteiger partial charge < -0.3 is 26.0 Å². The summed E-state index contributed by atoms with van der Waals surface area (Å²) in [4.78, 5) is 109. The smallest absolute Gasteiger partial charge is 0.333 e. The molecule has 1 aliphatic heterocycles. The molecule has 0 radical (unpaired) electrons. The highest BCUT2D eigenvalue weighted by molar-refractivity contribution is 6.38. The van der Waals surface area contributed by atoms with Crippen molar-refractivity contribution in [2.75, 3.05) is 6.54 Å². The Morgan fingerprint density at radius 3 is 1.90 bits per heavy atom. The molecule has 1 saturated carbocycles. The van der Waals surface area contributed by atoms with E-state index >= 15 is 0 Å². The third-order valence-electron chi connectivity index (χ3n) is 10.6. The third kappa shape index (κ3) is 11.5. The maximum Gasteiger partial charge on any atom is 0.333 e. The summed E-state index contributed by atoms with van der Waals surface area (Å²) in [5.41, 5.74) is 1.64. The molecule has 312 valence electrons. The molecule has 14 heteroatoms. The van der Waals surface area contributed by atoms with Crippen molar-refractivity contribution >= 4 is 47.2 Å². The number of Topliss-reactive ketones (excluding diaryl/α,β-unsaturated/α-hetero) is 1. The molecule has 0 aromatic heterocycles. The highest BCUT2D eigenvalue weighted by Gasteiger charge is 2.47. The summed E-state index contributed by atoms with van der Waals surface area (Å²) in [5.74, 6) is -6.52. The number of hydrogen-bond acceptors (Lipinski definition) is 9. The third-order valence-corrected chi connectivity index (χ3v) is 10.6. The van der Waals surface area contributed by atoms with E-state index in [9.17, 15) is 38.4 Å². The van der Waals surface area contributed by atoms with Gasteiger partial charge in [0.15, 0.2) is 6.04 Å². The van der Waals surface area contributed by atoms with Crippen LogP contribution in [0.15, 0.2) is 84.9 Å². The summed E-state index contributed by atoms with van der Waals surface area (Å²) in [6.07, 6.45) is 4.51. The van der Waals surface area contributed by atoms with Crippen LogP contribution in [0.5, 0.6) is 0 Å². The van der Waals surface area contributed by atoms with Crippen molar-refractivity contribution in [1.29, 1.82) is 0 Å². The molecule has 0 spiro atoms. The largest absolute Gasteiger partial charge is 0.459 e. The number of nitrogens with zero attached hydrogens (tertiary/aromatic N) is 1. The van der Waals surface area contributed by atoms with Crippen molar-refractivity contribution in [3.63, 3.8) is 0 Å². The number of nitrogens with one attached hydrogen (secondary N) is 4. The lowest BCUT2D eigenvalue weighted by Crippen LogP contribution is -2.59. The lowest BCUT2D eigenvalue weighted by Gasteiger charge is -2.35. The highest BCUT2D eigenvalue weighted by atomic mass is 16.5. The Kier molecular flexibility index (Phi) is 15.6. The van der Waals surface area contributed by atoms with Crippen molar-refractivity contribution in [3.05, 3.63) is 107 Å². The van der Waals surface area contributed by atoms with E-state index in [4.69, 9.17) is 4.74 Å². The second kappa shape index (κ2) is 21.0. The summed E-state index contributed by atoms with van der Waals surface area (Å²) in [7, 11) is 0. The average molecular weight is 808 g/mol. The van der Waals surface area contributed by atoms with Crippen LogP contribution in [0.3, 0.4) is 0 Å². The van der Waals surface area contributed by atoms with Crippen molar-refractivity contribution < 1.29 is 43.1 Å². The fourth-order valence-electron chi connectivity index (χ4n) is 7.60. The van der Waals surface area contributed by atoms with Crippen LogP contribution in [0.25, 0.3) is 0 Å². The van der Waals surface area contributed by atoms with Crippen molar-refractivity contribution in [3.8, 4) is 0 Å². The Bertz CT molecular complexity index is 1960. The number of benzene rings is 3. The average Bonchev–Trinajstić information content (AvgIpc) is 3.49. The number of amides is 6. The first kappa shape index (κ1) is 43.9. The van der Waals surface area contributed by atoms with Crippen LogP contribution in [-0.4, -0.2) is 76.8 Å². The SMILES string of the molecule is CCC[C@@H](NC(=O)[C@H](CC(C)C)NC(=O)[C@H](C1CCCCC1)N1C(=O)c2ccccc2C1=O)C(=O)C(=O)NCC(=O)N[C@H](C(=O)OCc1ccccc1)c1ccccc1. The van der Waals surface area contributed by atoms with Gasteiger partial charge >= 0.3 is 5.97 Å². The first-order valence-corrected chi connectivity index (χ1v) is 20.3. The van der Waals surface area contributed by atoms with Gasteiger partial charge in [0, 0.05) is 0 Å². The second-order valence-electron chi connectivity index (χ2n) is 15.5. The quantitative estimate of drug-likeness (QED) is 0.0774. The molecule has 3 aromatic carbocycles. The monoisotopic (exact) mass is 807 g/mol. The number of ketones is 1. The van der Waals surface area contributed by atoms with E-state index in [1.165, 1.54) is 0 Å². The Morgan fingerprint density at radius 1 is 0.729 bits per heavy atom. The van der Waals surface area contributed by atoms with Crippen LogP contribution < -0.4 is 21.3 Å². The molecule has 59 heavy (non-hydrogen) atoms. The summed E-state index contributed by atoms with van der Waals surface area (Å²) in [5, 5.41) is 10.3. The summed E-state index contributed by atoms with van der Waals surface area (Å²) >= 11 is 0. The summed E-state index contributed by atoms with van der Waals surface area (Å²) in [6, 6.07) is 19.1. The minimum atomic E-state index is -1.29. The molecule has 1 aliphatic carbocycles. The molecule has 1 heterocycles. The Hall–Kier alpha value is -6.18. The summed E-state index contributed by atoms with van der Waals surface area (Å²) in [6.45, 7) is 4.80. The molecule has 0 bridgehead atoms. The van der Waals surface area contributed by atoms with Gasteiger partial charge in [0.05, 0.1) is 23.7 Å². The van der Waals surface area contributed by atoms with E-state index in [0.717, 1.165) is 29.7 Å². The van der Waals surface area contributed by atoms with Gasteiger partial charge in [-0.15, -0.1) is 0 Å². The maximum absolute atomic E-state index is 14.2. The molecule has 4 N–H and O–H groups in total. The molecule has 0 unspecified atom stereocenters. The lowest BCUT2D eigenvalue weighted by molar-refractivity contribution is -0.149. The predicted octanol–water partition coefficient (Wildman–Crippen LogP) is 4.33. The Balaban J connectivity index is 1.23. The van der Waals surface area contributed by atoms with Gasteiger partial charge in [-0.1, -0.05) is 119 Å². The summed E-state index contributed by atoms with van der Waals surface area (Å²) < 4.78 is 5.47. The molecule has 1 fully saturated rings. The number of carbonyl (C=O) groups excluding carboxylic acids is 8. The predicted molar refractivity (Wildman–Crippen MR) is 217 cm³/mol. The molecule has 6 amide bonds. The normalized spacial score (nSPS) is 16.0. The molecular weight excluding hydrogens is 755 g/mol. The van der Waals surface area contributed by atoms with E-state index in [-0.39, 0.29) is 42.4 Å². The van der Waals surface area contributed by atoms with E-state index in [0.29, 0.717) is 24.8 Å². The van der Waals surface area contributed by atoms with Gasteiger partial charge in [-0.05, 0) is 60.8 Å². The van der Waals surface area contributed by atoms with Crippen LogP contribution in [0.2, 0.25) is 0 Å². The maximum atomic E-state index is 14.2. The first-order chi connectivity index (χ1) is 28.4. The van der Waals surface area contributed by atoms with Gasteiger partial charge in [0.2, 0.25) is 23.5 Å². The zero-order chi connectivity index (χ0) is 42.5. The van der Waals surface area contributed by atoms with Crippen molar-refractivity contribution in [2.45, 2.75) is 103 Å². The number of rotatable bonds is 19.